The van der Waals surface area contributed by atoms with Gasteiger partial charge in [0.05, 0.1) is 10.2 Å². The van der Waals surface area contributed by atoms with Gasteiger partial charge in [0, 0.05) is 73.7 Å². The van der Waals surface area contributed by atoms with Gasteiger partial charge < -0.3 is 9.32 Å². The molecule has 6 heteroatoms. The number of rotatable bonds is 4. The molecule has 0 amide bonds. The second-order valence-electron chi connectivity index (χ2n) is 12.3. The summed E-state index contributed by atoms with van der Waals surface area (Å²) in [7, 11) is 0. The summed E-state index contributed by atoms with van der Waals surface area (Å²) in [6, 6.07) is 52.4. The Balaban J connectivity index is 1.16. The molecule has 0 N–H and O–H groups in total. The van der Waals surface area contributed by atoms with E-state index in [1.807, 2.05) is 28.7 Å². The summed E-state index contributed by atoms with van der Waals surface area (Å²) in [5.41, 5.74) is 7.21. The molecule has 0 aliphatic heterocycles. The van der Waals surface area contributed by atoms with Crippen LogP contribution in [-0.4, -0.2) is 4.98 Å². The van der Waals surface area contributed by atoms with Crippen molar-refractivity contribution in [1.29, 1.82) is 0 Å². The van der Waals surface area contributed by atoms with Gasteiger partial charge in [0.2, 0.25) is 0 Å². The van der Waals surface area contributed by atoms with E-state index in [4.69, 9.17) is 9.40 Å². The Hall–Kier alpha value is -5.53. The predicted octanol–water partition coefficient (Wildman–Crippen LogP) is 14.1. The minimum absolute atomic E-state index is 0.875. The number of thiazole rings is 1. The van der Waals surface area contributed by atoms with Crippen LogP contribution in [0.1, 0.15) is 0 Å². The molecule has 0 aliphatic carbocycles. The summed E-state index contributed by atoms with van der Waals surface area (Å²) in [5, 5.41) is 8.40. The van der Waals surface area contributed by atoms with Crippen LogP contribution in [0.3, 0.4) is 0 Å². The third-order valence-electron chi connectivity index (χ3n) is 9.49. The number of aromatic nitrogens is 1. The second-order valence-corrected chi connectivity index (χ2v) is 15.5. The molecular weight excluding hydrogens is 657 g/mol. The van der Waals surface area contributed by atoms with Crippen LogP contribution >= 0.6 is 34.0 Å². The molecule has 0 atom stereocenters. The Morgan fingerprint density at radius 2 is 1.06 bits per heavy atom. The summed E-state index contributed by atoms with van der Waals surface area (Å²) < 4.78 is 12.8. The quantitative estimate of drug-likeness (QED) is 0.185. The molecule has 230 valence electrons. The molecule has 11 aromatic rings. The number of anilines is 3. The molecule has 0 spiro atoms. The average molecular weight is 681 g/mol. The third kappa shape index (κ3) is 4.21. The molecule has 0 unspecified atom stereocenters. The zero-order valence-corrected chi connectivity index (χ0v) is 28.3. The second kappa shape index (κ2) is 10.5. The maximum absolute atomic E-state index is 6.47. The molecule has 4 heterocycles. The van der Waals surface area contributed by atoms with Crippen LogP contribution in [0.5, 0.6) is 0 Å². The van der Waals surface area contributed by atoms with Gasteiger partial charge in [-0.05, 0) is 72.8 Å². The van der Waals surface area contributed by atoms with Gasteiger partial charge in [0.15, 0.2) is 0 Å². The molecule has 3 nitrogen and oxygen atoms in total. The number of fused-ring (bicyclic) bond motifs is 11. The van der Waals surface area contributed by atoms with Gasteiger partial charge in [-0.25, -0.2) is 4.98 Å². The van der Waals surface area contributed by atoms with E-state index in [1.165, 1.54) is 40.3 Å². The Morgan fingerprint density at radius 1 is 0.449 bits per heavy atom. The highest BCUT2D eigenvalue weighted by atomic mass is 32.1. The van der Waals surface area contributed by atoms with E-state index in [1.54, 1.807) is 11.3 Å². The first kappa shape index (κ1) is 27.4. The van der Waals surface area contributed by atoms with Crippen LogP contribution in [0.4, 0.5) is 17.1 Å². The van der Waals surface area contributed by atoms with Crippen molar-refractivity contribution in [3.05, 3.63) is 146 Å². The van der Waals surface area contributed by atoms with Crippen LogP contribution in [0.25, 0.3) is 83.1 Å². The Labute approximate surface area is 292 Å². The lowest BCUT2D eigenvalue weighted by Gasteiger charge is -2.26. The highest BCUT2D eigenvalue weighted by molar-refractivity contribution is 7.26. The minimum Gasteiger partial charge on any atom is -0.456 e. The van der Waals surface area contributed by atoms with E-state index in [2.05, 4.69) is 144 Å². The van der Waals surface area contributed by atoms with Crippen molar-refractivity contribution in [3.8, 4) is 10.6 Å². The fourth-order valence-electron chi connectivity index (χ4n) is 7.23. The van der Waals surface area contributed by atoms with Crippen molar-refractivity contribution >= 4 is 124 Å². The molecule has 0 aliphatic rings. The van der Waals surface area contributed by atoms with Crippen LogP contribution in [0.2, 0.25) is 0 Å². The first-order valence-corrected chi connectivity index (χ1v) is 18.6. The summed E-state index contributed by atoms with van der Waals surface area (Å²) in [6.45, 7) is 0. The van der Waals surface area contributed by atoms with Crippen LogP contribution in [0, 0.1) is 0 Å². The van der Waals surface area contributed by atoms with Crippen LogP contribution < -0.4 is 4.90 Å². The zero-order chi connectivity index (χ0) is 32.1. The van der Waals surface area contributed by atoms with Gasteiger partial charge in [-0.1, -0.05) is 72.8 Å². The third-order valence-corrected chi connectivity index (χ3v) is 12.9. The lowest BCUT2D eigenvalue weighted by molar-refractivity contribution is 0.669. The molecule has 0 radical (unpaired) electrons. The summed E-state index contributed by atoms with van der Waals surface area (Å²) in [4.78, 5) is 7.44. The van der Waals surface area contributed by atoms with Crippen LogP contribution in [-0.2, 0) is 0 Å². The Kier molecular flexibility index (Phi) is 5.87. The number of thiophene rings is 2. The molecular formula is C43H24N2OS3. The smallest absolute Gasteiger partial charge is 0.137 e. The predicted molar refractivity (Wildman–Crippen MR) is 213 cm³/mol. The van der Waals surface area contributed by atoms with Gasteiger partial charge in [-0.15, -0.1) is 34.0 Å². The number of benzene rings is 7. The van der Waals surface area contributed by atoms with E-state index < -0.39 is 0 Å². The van der Waals surface area contributed by atoms with Crippen LogP contribution in [0.15, 0.2) is 150 Å². The number of hydrogen-bond acceptors (Lipinski definition) is 6. The van der Waals surface area contributed by atoms with Crippen molar-refractivity contribution in [3.63, 3.8) is 0 Å². The molecule has 4 aromatic heterocycles. The van der Waals surface area contributed by atoms with Crippen molar-refractivity contribution in [2.75, 3.05) is 4.90 Å². The number of furan rings is 1. The first-order chi connectivity index (χ1) is 24.2. The topological polar surface area (TPSA) is 29.3 Å². The number of hydrogen-bond donors (Lipinski definition) is 0. The highest BCUT2D eigenvalue weighted by Crippen LogP contribution is 2.46. The largest absolute Gasteiger partial charge is 0.456 e. The summed E-state index contributed by atoms with van der Waals surface area (Å²) in [5.74, 6) is 0. The van der Waals surface area contributed by atoms with Gasteiger partial charge in [-0.2, -0.15) is 0 Å². The van der Waals surface area contributed by atoms with E-state index in [-0.39, 0.29) is 0 Å². The maximum Gasteiger partial charge on any atom is 0.137 e. The van der Waals surface area contributed by atoms with E-state index in [9.17, 15) is 0 Å². The average Bonchev–Trinajstić information content (AvgIpc) is 3.92. The van der Waals surface area contributed by atoms with Crippen molar-refractivity contribution in [2.45, 2.75) is 0 Å². The molecule has 0 fully saturated rings. The SMILES string of the molecule is c1ccc(-c2nc3ccc4oc5ccc(N(c6ccc7c(c6)sc6ccccc67)c6ccc7sc8ccccc8c7c6)cc5c4c3s2)cc1. The molecule has 11 rings (SSSR count). The Bertz CT molecular complexity index is 3070. The van der Waals surface area contributed by atoms with Crippen molar-refractivity contribution in [1.82, 2.24) is 4.98 Å². The van der Waals surface area contributed by atoms with Gasteiger partial charge in [0.25, 0.3) is 0 Å². The van der Waals surface area contributed by atoms with Crippen molar-refractivity contribution < 1.29 is 4.42 Å². The van der Waals surface area contributed by atoms with Gasteiger partial charge in [0.1, 0.15) is 16.2 Å². The molecule has 0 saturated carbocycles. The van der Waals surface area contributed by atoms with E-state index in [0.717, 1.165) is 59.8 Å². The summed E-state index contributed by atoms with van der Waals surface area (Å²) in [6.07, 6.45) is 0. The normalized spacial score (nSPS) is 12.1. The summed E-state index contributed by atoms with van der Waals surface area (Å²) >= 11 is 5.43. The highest BCUT2D eigenvalue weighted by Gasteiger charge is 2.20. The maximum atomic E-state index is 6.47. The molecule has 0 saturated heterocycles. The number of nitrogens with zero attached hydrogens (tertiary/aromatic N) is 2. The molecule has 7 aromatic carbocycles. The molecule has 49 heavy (non-hydrogen) atoms. The van der Waals surface area contributed by atoms with E-state index >= 15 is 0 Å². The fraction of sp³-hybridized carbons (Fsp3) is 0. The Morgan fingerprint density at radius 3 is 1.90 bits per heavy atom. The standard InChI is InChI=1S/C43H24N2OS3/c1-2-8-25(9-3-1)43-44-34-18-20-36-41(42(34)49-43)33-23-26(15-19-35(33)46-36)45(27-16-21-39-32(22-27)30-11-5-7-13-38(30)47-39)28-14-17-31-29-10-4-6-12-37(29)48-40(31)24-28/h1-24H. The van der Waals surface area contributed by atoms with Gasteiger partial charge in [-0.3, -0.25) is 0 Å². The van der Waals surface area contributed by atoms with Gasteiger partial charge >= 0.3 is 0 Å². The monoisotopic (exact) mass is 680 g/mol. The fourth-order valence-corrected chi connectivity index (χ4v) is 10.6. The lowest BCUT2D eigenvalue weighted by atomic mass is 10.1. The molecule has 0 bridgehead atoms. The van der Waals surface area contributed by atoms with Crippen molar-refractivity contribution in [2.24, 2.45) is 0 Å². The van der Waals surface area contributed by atoms with E-state index in [0.29, 0.717) is 0 Å². The first-order valence-electron chi connectivity index (χ1n) is 16.2. The lowest BCUT2D eigenvalue weighted by Crippen LogP contribution is -2.09. The minimum atomic E-state index is 0.875. The zero-order valence-electron chi connectivity index (χ0n) is 25.9.